The molecule has 3 amide bonds. The number of aliphatic carboxylic acids is 1. The SMILES string of the molecule is CNC(=O)C1CCCN1C(=O)NCC(O)C(=O)O. The minimum absolute atomic E-state index is 0.249. The third-order valence-corrected chi connectivity index (χ3v) is 2.79. The van der Waals surface area contributed by atoms with Gasteiger partial charge in [-0.05, 0) is 12.8 Å². The number of amides is 3. The molecule has 4 N–H and O–H groups in total. The number of aliphatic hydroxyl groups excluding tert-OH is 1. The Kier molecular flexibility index (Phi) is 4.90. The summed E-state index contributed by atoms with van der Waals surface area (Å²) in [4.78, 5) is 34.9. The fraction of sp³-hybridized carbons (Fsp3) is 0.700. The highest BCUT2D eigenvalue weighted by Gasteiger charge is 2.33. The summed E-state index contributed by atoms with van der Waals surface area (Å²) >= 11 is 0. The summed E-state index contributed by atoms with van der Waals surface area (Å²) in [6, 6.07) is -1.07. The van der Waals surface area contributed by atoms with Gasteiger partial charge in [0.2, 0.25) is 5.91 Å². The van der Waals surface area contributed by atoms with Crippen LogP contribution in [0.1, 0.15) is 12.8 Å². The largest absolute Gasteiger partial charge is 0.479 e. The molecule has 0 aromatic rings. The number of hydrogen-bond acceptors (Lipinski definition) is 4. The molecule has 8 nitrogen and oxygen atoms in total. The van der Waals surface area contributed by atoms with E-state index < -0.39 is 24.1 Å². The van der Waals surface area contributed by atoms with E-state index in [0.717, 1.165) is 0 Å². The fourth-order valence-corrected chi connectivity index (χ4v) is 1.82. The third kappa shape index (κ3) is 3.33. The molecule has 2 unspecified atom stereocenters. The van der Waals surface area contributed by atoms with Gasteiger partial charge in [0.25, 0.3) is 0 Å². The van der Waals surface area contributed by atoms with Crippen molar-refractivity contribution in [3.8, 4) is 0 Å². The summed E-state index contributed by atoms with van der Waals surface area (Å²) in [5.74, 6) is -1.65. The van der Waals surface area contributed by atoms with Crippen molar-refractivity contribution < 1.29 is 24.6 Å². The van der Waals surface area contributed by atoms with Crippen molar-refractivity contribution in [2.75, 3.05) is 20.1 Å². The van der Waals surface area contributed by atoms with E-state index in [1.807, 2.05) is 0 Å². The van der Waals surface area contributed by atoms with Crippen molar-refractivity contribution >= 4 is 17.9 Å². The Bertz CT molecular complexity index is 346. The molecule has 1 rings (SSSR count). The summed E-state index contributed by atoms with van der Waals surface area (Å²) < 4.78 is 0. The van der Waals surface area contributed by atoms with Gasteiger partial charge in [0.15, 0.2) is 6.10 Å². The molecule has 102 valence electrons. The molecule has 0 spiro atoms. The van der Waals surface area contributed by atoms with Gasteiger partial charge in [0.05, 0.1) is 6.54 Å². The number of hydrogen-bond donors (Lipinski definition) is 4. The highest BCUT2D eigenvalue weighted by atomic mass is 16.4. The Morgan fingerprint density at radius 2 is 2.11 bits per heavy atom. The van der Waals surface area contributed by atoms with Crippen LogP contribution in [0.25, 0.3) is 0 Å². The number of carbonyl (C=O) groups excluding carboxylic acids is 2. The molecule has 1 aliphatic heterocycles. The molecule has 0 aromatic heterocycles. The number of nitrogens with one attached hydrogen (secondary N) is 2. The predicted octanol–water partition coefficient (Wildman–Crippen LogP) is -1.65. The number of urea groups is 1. The lowest BCUT2D eigenvalue weighted by Gasteiger charge is -2.23. The molecule has 0 aromatic carbocycles. The average Bonchev–Trinajstić information content (AvgIpc) is 2.83. The lowest BCUT2D eigenvalue weighted by Crippen LogP contribution is -2.50. The van der Waals surface area contributed by atoms with Crippen molar-refractivity contribution in [2.45, 2.75) is 25.0 Å². The van der Waals surface area contributed by atoms with Gasteiger partial charge in [-0.2, -0.15) is 0 Å². The zero-order valence-corrected chi connectivity index (χ0v) is 10.0. The molecule has 1 saturated heterocycles. The summed E-state index contributed by atoms with van der Waals surface area (Å²) in [6.45, 7) is 0.0538. The van der Waals surface area contributed by atoms with E-state index in [1.54, 1.807) is 0 Å². The van der Waals surface area contributed by atoms with Crippen LogP contribution in [0.15, 0.2) is 0 Å². The normalized spacial score (nSPS) is 20.3. The predicted molar refractivity (Wildman–Crippen MR) is 60.8 cm³/mol. The van der Waals surface area contributed by atoms with Crippen molar-refractivity contribution in [3.05, 3.63) is 0 Å². The first kappa shape index (κ1) is 14.2. The summed E-state index contributed by atoms with van der Waals surface area (Å²) in [6.07, 6.45) is -0.350. The van der Waals surface area contributed by atoms with E-state index in [-0.39, 0.29) is 12.5 Å². The van der Waals surface area contributed by atoms with Gasteiger partial charge in [0.1, 0.15) is 6.04 Å². The van der Waals surface area contributed by atoms with Crippen LogP contribution in [0.5, 0.6) is 0 Å². The smallest absolute Gasteiger partial charge is 0.334 e. The maximum absolute atomic E-state index is 11.7. The first-order valence-corrected chi connectivity index (χ1v) is 5.64. The second-order valence-corrected chi connectivity index (χ2v) is 4.01. The highest BCUT2D eigenvalue weighted by Crippen LogP contribution is 2.17. The number of aliphatic hydroxyl groups is 1. The standard InChI is InChI=1S/C10H17N3O5/c1-11-8(15)6-3-2-4-13(6)10(18)12-5-7(14)9(16)17/h6-7,14H,2-5H2,1H3,(H,11,15)(H,12,18)(H,16,17). The molecule has 1 aliphatic rings. The zero-order chi connectivity index (χ0) is 13.7. The van der Waals surface area contributed by atoms with Crippen LogP contribution in [0, 0.1) is 0 Å². The van der Waals surface area contributed by atoms with E-state index >= 15 is 0 Å². The maximum Gasteiger partial charge on any atom is 0.334 e. The average molecular weight is 259 g/mol. The minimum Gasteiger partial charge on any atom is -0.479 e. The van der Waals surface area contributed by atoms with Gasteiger partial charge in [-0.3, -0.25) is 4.79 Å². The molecule has 18 heavy (non-hydrogen) atoms. The topological polar surface area (TPSA) is 119 Å². The summed E-state index contributed by atoms with van der Waals surface area (Å²) in [5.41, 5.74) is 0. The molecule has 0 saturated carbocycles. The second kappa shape index (κ2) is 6.20. The Morgan fingerprint density at radius 3 is 2.67 bits per heavy atom. The van der Waals surface area contributed by atoms with E-state index in [2.05, 4.69) is 10.6 Å². The molecule has 0 aliphatic carbocycles. The quantitative estimate of drug-likeness (QED) is 0.482. The van der Waals surface area contributed by atoms with Crippen molar-refractivity contribution in [2.24, 2.45) is 0 Å². The lowest BCUT2D eigenvalue weighted by molar-refractivity contribution is -0.146. The van der Waals surface area contributed by atoms with E-state index in [1.165, 1.54) is 11.9 Å². The monoisotopic (exact) mass is 259 g/mol. The minimum atomic E-state index is -1.64. The van der Waals surface area contributed by atoms with Crippen LogP contribution in [0.3, 0.4) is 0 Å². The summed E-state index contributed by atoms with van der Waals surface area (Å²) in [5, 5.41) is 22.2. The Labute approximate surface area is 104 Å². The van der Waals surface area contributed by atoms with Gasteiger partial charge in [0, 0.05) is 13.6 Å². The molecule has 8 heteroatoms. The zero-order valence-electron chi connectivity index (χ0n) is 10.0. The van der Waals surface area contributed by atoms with Gasteiger partial charge in [-0.1, -0.05) is 0 Å². The Balaban J connectivity index is 2.50. The molecular formula is C10H17N3O5. The Hall–Kier alpha value is -1.83. The Morgan fingerprint density at radius 1 is 1.44 bits per heavy atom. The number of likely N-dealkylation sites (N-methyl/N-ethyl adjacent to an activating group) is 1. The number of carbonyl (C=O) groups is 3. The maximum atomic E-state index is 11.7. The number of rotatable bonds is 4. The molecule has 1 fully saturated rings. The highest BCUT2D eigenvalue weighted by molar-refractivity contribution is 5.87. The van der Waals surface area contributed by atoms with Crippen molar-refractivity contribution in [3.63, 3.8) is 0 Å². The van der Waals surface area contributed by atoms with E-state index in [0.29, 0.717) is 19.4 Å². The van der Waals surface area contributed by atoms with Gasteiger partial charge in [-0.25, -0.2) is 9.59 Å². The molecule has 0 radical (unpaired) electrons. The first-order valence-electron chi connectivity index (χ1n) is 5.64. The lowest BCUT2D eigenvalue weighted by atomic mass is 10.2. The van der Waals surface area contributed by atoms with Crippen LogP contribution in [0.2, 0.25) is 0 Å². The second-order valence-electron chi connectivity index (χ2n) is 4.01. The number of carboxylic acid groups (broad SMARTS) is 1. The van der Waals surface area contributed by atoms with Crippen LogP contribution < -0.4 is 10.6 Å². The molecule has 1 heterocycles. The van der Waals surface area contributed by atoms with E-state index in [9.17, 15) is 14.4 Å². The summed E-state index contributed by atoms with van der Waals surface area (Å²) in [7, 11) is 1.49. The molecule has 0 bridgehead atoms. The van der Waals surface area contributed by atoms with Crippen LogP contribution in [-0.2, 0) is 9.59 Å². The first-order chi connectivity index (χ1) is 8.47. The van der Waals surface area contributed by atoms with Crippen LogP contribution in [-0.4, -0.2) is 65.3 Å². The van der Waals surface area contributed by atoms with Gasteiger partial charge in [-0.15, -0.1) is 0 Å². The van der Waals surface area contributed by atoms with Crippen LogP contribution >= 0.6 is 0 Å². The number of carboxylic acids is 1. The molecular weight excluding hydrogens is 242 g/mol. The van der Waals surface area contributed by atoms with Crippen LogP contribution in [0.4, 0.5) is 4.79 Å². The van der Waals surface area contributed by atoms with Gasteiger partial charge < -0.3 is 25.7 Å². The van der Waals surface area contributed by atoms with Crippen molar-refractivity contribution in [1.82, 2.24) is 15.5 Å². The molecule has 2 atom stereocenters. The van der Waals surface area contributed by atoms with Crippen molar-refractivity contribution in [1.29, 1.82) is 0 Å². The van der Waals surface area contributed by atoms with Gasteiger partial charge >= 0.3 is 12.0 Å². The number of likely N-dealkylation sites (tertiary alicyclic amines) is 1. The third-order valence-electron chi connectivity index (χ3n) is 2.79. The number of nitrogens with zero attached hydrogens (tertiary/aromatic N) is 1. The van der Waals surface area contributed by atoms with E-state index in [4.69, 9.17) is 10.2 Å². The fourth-order valence-electron chi connectivity index (χ4n) is 1.82.